The summed E-state index contributed by atoms with van der Waals surface area (Å²) in [6.07, 6.45) is 39.5. The Balaban J connectivity index is 0.000000313. The van der Waals surface area contributed by atoms with E-state index in [1.807, 2.05) is 0 Å². The van der Waals surface area contributed by atoms with Crippen molar-refractivity contribution in [2.24, 2.45) is 28.6 Å². The van der Waals surface area contributed by atoms with Gasteiger partial charge in [0.2, 0.25) is 0 Å². The fourth-order valence-corrected chi connectivity index (χ4v) is 11.0. The number of esters is 2. The van der Waals surface area contributed by atoms with Crippen molar-refractivity contribution in [3.63, 3.8) is 0 Å². The second-order valence-corrected chi connectivity index (χ2v) is 18.9. The van der Waals surface area contributed by atoms with Crippen LogP contribution in [0.3, 0.4) is 0 Å². The minimum atomic E-state index is -0.227. The zero-order valence-corrected chi connectivity index (χ0v) is 34.9. The third kappa shape index (κ3) is 12.5. The SMILES string of the molecule is C=C(C)C(=O)OC1C[C@H]2CC[C@@]1(C)C2(C)C.CC(C(=O)OC1CCCCCCCCC1)=C(C1CCCCCCCCC1)C1CCCCCCCCC1. The average Bonchev–Trinajstić information content (AvgIpc) is 3.47. The van der Waals surface area contributed by atoms with Crippen LogP contribution in [0.1, 0.15) is 227 Å². The molecule has 0 spiro atoms. The summed E-state index contributed by atoms with van der Waals surface area (Å²) in [6, 6.07) is 0. The molecular weight excluding hydrogens is 641 g/mol. The molecule has 1 unspecified atom stereocenters. The van der Waals surface area contributed by atoms with Gasteiger partial charge in [-0.15, -0.1) is 0 Å². The van der Waals surface area contributed by atoms with Gasteiger partial charge < -0.3 is 9.47 Å². The lowest BCUT2D eigenvalue weighted by Crippen LogP contribution is -2.38. The number of carbonyl (C=O) groups excluding carboxylic acids is 2. The number of hydrogen-bond acceptors (Lipinski definition) is 4. The van der Waals surface area contributed by atoms with Gasteiger partial charge in [0.1, 0.15) is 12.2 Å². The molecule has 0 radical (unpaired) electrons. The Morgan fingerprint density at radius 2 is 0.904 bits per heavy atom. The van der Waals surface area contributed by atoms with Crippen LogP contribution >= 0.6 is 0 Å². The smallest absolute Gasteiger partial charge is 0.333 e. The molecule has 5 fully saturated rings. The highest BCUT2D eigenvalue weighted by Crippen LogP contribution is 2.66. The van der Waals surface area contributed by atoms with Crippen molar-refractivity contribution in [1.29, 1.82) is 0 Å². The van der Waals surface area contributed by atoms with Crippen LogP contribution in [0.4, 0.5) is 0 Å². The van der Waals surface area contributed by atoms with Crippen LogP contribution in [0.2, 0.25) is 0 Å². The van der Waals surface area contributed by atoms with Crippen LogP contribution in [0.25, 0.3) is 0 Å². The first kappa shape index (κ1) is 43.2. The molecule has 3 atom stereocenters. The summed E-state index contributed by atoms with van der Waals surface area (Å²) < 4.78 is 12.0. The second kappa shape index (κ2) is 22.1. The van der Waals surface area contributed by atoms with Gasteiger partial charge in [0.05, 0.1) is 0 Å². The van der Waals surface area contributed by atoms with Gasteiger partial charge in [-0.2, -0.15) is 0 Å². The Kier molecular flexibility index (Phi) is 18.3. The van der Waals surface area contributed by atoms with Gasteiger partial charge in [0.15, 0.2) is 0 Å². The average molecular weight is 723 g/mol. The molecule has 0 aromatic carbocycles. The van der Waals surface area contributed by atoms with Crippen LogP contribution in [-0.4, -0.2) is 24.1 Å². The molecule has 4 nitrogen and oxygen atoms in total. The highest BCUT2D eigenvalue weighted by atomic mass is 16.5. The van der Waals surface area contributed by atoms with Crippen molar-refractivity contribution < 1.29 is 19.1 Å². The predicted octanol–water partition coefficient (Wildman–Crippen LogP) is 14.3. The lowest BCUT2D eigenvalue weighted by Gasteiger charge is -2.38. The number of ether oxygens (including phenoxy) is 2. The normalized spacial score (nSPS) is 29.1. The highest BCUT2D eigenvalue weighted by molar-refractivity contribution is 5.89. The molecule has 5 aliphatic rings. The molecule has 0 saturated heterocycles. The fourth-order valence-electron chi connectivity index (χ4n) is 11.0. The Morgan fingerprint density at radius 1 is 0.519 bits per heavy atom. The Hall–Kier alpha value is -1.58. The van der Waals surface area contributed by atoms with Crippen molar-refractivity contribution in [3.8, 4) is 0 Å². The number of carbonyl (C=O) groups is 2. The molecule has 5 aliphatic carbocycles. The molecular formula is C48H82O4. The molecule has 4 heteroatoms. The molecule has 0 aromatic heterocycles. The maximum atomic E-state index is 13.8. The van der Waals surface area contributed by atoms with Crippen molar-refractivity contribution in [3.05, 3.63) is 23.3 Å². The maximum absolute atomic E-state index is 13.8. The number of rotatable bonds is 6. The summed E-state index contributed by atoms with van der Waals surface area (Å²) >= 11 is 0. The lowest BCUT2D eigenvalue weighted by molar-refractivity contribution is -0.152. The summed E-state index contributed by atoms with van der Waals surface area (Å²) in [7, 11) is 0. The molecule has 52 heavy (non-hydrogen) atoms. The maximum Gasteiger partial charge on any atom is 0.333 e. The lowest BCUT2D eigenvalue weighted by atomic mass is 9.70. The Bertz CT molecular complexity index is 1080. The van der Waals surface area contributed by atoms with Crippen LogP contribution in [0.5, 0.6) is 0 Å². The van der Waals surface area contributed by atoms with Crippen LogP contribution in [-0.2, 0) is 19.1 Å². The summed E-state index contributed by atoms with van der Waals surface area (Å²) in [6.45, 7) is 14.4. The molecule has 0 aliphatic heterocycles. The summed E-state index contributed by atoms with van der Waals surface area (Å²) in [5, 5.41) is 0. The zero-order chi connectivity index (χ0) is 37.4. The van der Waals surface area contributed by atoms with E-state index in [9.17, 15) is 9.59 Å². The minimum Gasteiger partial charge on any atom is -0.459 e. The third-order valence-corrected chi connectivity index (χ3v) is 15.0. The van der Waals surface area contributed by atoms with Gasteiger partial charge in [-0.3, -0.25) is 0 Å². The van der Waals surface area contributed by atoms with E-state index in [1.54, 1.807) is 12.5 Å². The quantitative estimate of drug-likeness (QED) is 0.202. The topological polar surface area (TPSA) is 52.6 Å². The van der Waals surface area contributed by atoms with Crippen molar-refractivity contribution >= 4 is 11.9 Å². The Morgan fingerprint density at radius 3 is 1.25 bits per heavy atom. The van der Waals surface area contributed by atoms with Crippen LogP contribution < -0.4 is 0 Å². The zero-order valence-electron chi connectivity index (χ0n) is 34.9. The number of fused-ring (bicyclic) bond motifs is 2. The van der Waals surface area contributed by atoms with E-state index in [2.05, 4.69) is 34.3 Å². The largest absolute Gasteiger partial charge is 0.459 e. The molecule has 0 aromatic rings. The summed E-state index contributed by atoms with van der Waals surface area (Å²) in [4.78, 5) is 25.4. The van der Waals surface area contributed by atoms with E-state index in [1.165, 1.54) is 173 Å². The number of allylic oxidation sites excluding steroid dienone is 1. The first-order chi connectivity index (χ1) is 25.0. The summed E-state index contributed by atoms with van der Waals surface area (Å²) in [5.74, 6) is 1.73. The van der Waals surface area contributed by atoms with Crippen LogP contribution in [0, 0.1) is 28.6 Å². The minimum absolute atomic E-state index is 0.0428. The first-order valence-electron chi connectivity index (χ1n) is 22.8. The van der Waals surface area contributed by atoms with E-state index in [0.29, 0.717) is 28.7 Å². The predicted molar refractivity (Wildman–Crippen MR) is 218 cm³/mol. The summed E-state index contributed by atoms with van der Waals surface area (Å²) in [5.41, 5.74) is 3.54. The van der Waals surface area contributed by atoms with Crippen molar-refractivity contribution in [2.75, 3.05) is 0 Å². The van der Waals surface area contributed by atoms with E-state index in [0.717, 1.165) is 24.8 Å². The van der Waals surface area contributed by atoms with Crippen molar-refractivity contribution in [2.45, 2.75) is 239 Å². The molecule has 298 valence electrons. The molecule has 0 heterocycles. The molecule has 5 rings (SSSR count). The van der Waals surface area contributed by atoms with Crippen molar-refractivity contribution in [1.82, 2.24) is 0 Å². The molecule has 5 saturated carbocycles. The highest BCUT2D eigenvalue weighted by Gasteiger charge is 2.62. The van der Waals surface area contributed by atoms with Gasteiger partial charge >= 0.3 is 11.9 Å². The van der Waals surface area contributed by atoms with E-state index >= 15 is 0 Å². The standard InChI is InChI=1S/C34H60O2.C14H22O2/c1-29(34(35)36-32-27-21-15-9-4-10-16-22-28-32)33(30-23-17-11-5-2-6-12-18-24-30)31-25-19-13-7-3-8-14-20-26-31;1-9(2)12(15)16-11-8-10-6-7-14(11,5)13(10,3)4/h30-32H,2-28H2,1H3;10-11H,1,6-8H2,2-5H3/t;10-,11?,14-/m.1/s1. The van der Waals surface area contributed by atoms with Gasteiger partial charge in [0, 0.05) is 16.6 Å². The van der Waals surface area contributed by atoms with Crippen LogP contribution in [0.15, 0.2) is 23.3 Å². The fraction of sp³-hybridized carbons (Fsp3) is 0.875. The van der Waals surface area contributed by atoms with E-state index in [-0.39, 0.29) is 29.6 Å². The molecule has 0 N–H and O–H groups in total. The first-order valence-corrected chi connectivity index (χ1v) is 22.8. The van der Waals surface area contributed by atoms with Gasteiger partial charge in [0.25, 0.3) is 0 Å². The van der Waals surface area contributed by atoms with Gasteiger partial charge in [-0.1, -0.05) is 155 Å². The molecule has 2 bridgehead atoms. The van der Waals surface area contributed by atoms with E-state index < -0.39 is 0 Å². The van der Waals surface area contributed by atoms with E-state index in [4.69, 9.17) is 9.47 Å². The second-order valence-electron chi connectivity index (χ2n) is 18.9. The third-order valence-electron chi connectivity index (χ3n) is 15.0. The van der Waals surface area contributed by atoms with Gasteiger partial charge in [-0.25, -0.2) is 9.59 Å². The van der Waals surface area contributed by atoms with Gasteiger partial charge in [-0.05, 0) is 108 Å². The Labute approximate surface area is 321 Å². The monoisotopic (exact) mass is 723 g/mol. The molecule has 0 amide bonds. The number of hydrogen-bond donors (Lipinski definition) is 0.